The van der Waals surface area contributed by atoms with Crippen LogP contribution in [0.25, 0.3) is 0 Å². The number of allylic oxidation sites excluding steroid dienone is 2. The summed E-state index contributed by atoms with van der Waals surface area (Å²) in [5, 5.41) is 17.1. The van der Waals surface area contributed by atoms with Gasteiger partial charge in [-0.1, -0.05) is 121 Å². The fourth-order valence-electron chi connectivity index (χ4n) is 6.76. The summed E-state index contributed by atoms with van der Waals surface area (Å²) in [6, 6.07) is 9.06. The third-order valence-corrected chi connectivity index (χ3v) is 11.0. The van der Waals surface area contributed by atoms with Gasteiger partial charge in [0.15, 0.2) is 24.9 Å². The number of hydrogen-bond acceptors (Lipinski definition) is 10. The first kappa shape index (κ1) is 57.5. The van der Waals surface area contributed by atoms with Crippen LogP contribution in [0.5, 0.6) is 0 Å². The van der Waals surface area contributed by atoms with Crippen LogP contribution in [0.2, 0.25) is 0 Å². The minimum absolute atomic E-state index is 0. The maximum atomic E-state index is 13.2. The van der Waals surface area contributed by atoms with Gasteiger partial charge in [-0.05, 0) is 133 Å². The number of fused-ring (bicyclic) bond motifs is 1. The Labute approximate surface area is 456 Å². The van der Waals surface area contributed by atoms with Gasteiger partial charge in [-0.3, -0.25) is 14.0 Å². The molecule has 11 heteroatoms. The molecule has 5 unspecified atom stereocenters. The Morgan fingerprint density at radius 1 is 0.757 bits per heavy atom. The van der Waals surface area contributed by atoms with Gasteiger partial charge in [-0.2, -0.15) is 0 Å². The molecule has 1 N–H and O–H groups in total. The van der Waals surface area contributed by atoms with E-state index in [0.29, 0.717) is 12.3 Å². The maximum Gasteiger partial charge on any atom is 0.297 e. The lowest BCUT2D eigenvalue weighted by Gasteiger charge is -2.45. The molecule has 0 radical (unpaired) electrons. The highest BCUT2D eigenvalue weighted by molar-refractivity contribution is 7.89. The normalized spacial score (nSPS) is 17.9. The van der Waals surface area contributed by atoms with Gasteiger partial charge < -0.3 is 29.5 Å². The van der Waals surface area contributed by atoms with Gasteiger partial charge in [-0.25, -0.2) is 0 Å². The molecule has 2 heterocycles. The van der Waals surface area contributed by atoms with Gasteiger partial charge in [0.1, 0.15) is 18.3 Å². The van der Waals surface area contributed by atoms with E-state index in [1.54, 1.807) is 6.92 Å². The average molecular weight is 1000 g/mol. The maximum absolute atomic E-state index is 13.2. The van der Waals surface area contributed by atoms with Crippen LogP contribution in [-0.2, 0) is 37.3 Å². The van der Waals surface area contributed by atoms with E-state index in [9.17, 15) is 10.1 Å². The highest BCUT2D eigenvalue weighted by Crippen LogP contribution is 2.37. The second-order valence-corrected chi connectivity index (χ2v) is 16.0. The van der Waals surface area contributed by atoms with Crippen molar-refractivity contribution in [2.24, 2.45) is 11.8 Å². The van der Waals surface area contributed by atoms with Crippen LogP contribution < -0.4 is 10.6 Å². The Bertz CT molecular complexity index is 2700. The standard InChI is InChI=1S/C59H57NO9S.24H2/c1-5-7-9-11-13-15-17-19-20-21-22-23-24-25-26-27-28-29-31-33-35-37-42-46-56(61)60-53(51(4)50(3)43-39-36-34-32-30-18-16-14-12-10-8-6-2)48-63-57-47-54(67-70-69-68-62)58-55(65-57)49-64-59(66-58)52-44-40-38-41-45-52;;;;;;;;;;;;;;;;;;;;;;;;/h36,38-41,44-45,50-51,53-55,57-59,62H,6,8,10,12,14,16,18,30,32,34,43,47-49H2,1-4H3,(H,60,61);24*1H/p-1/t50-,51-,53+,54?,55?,57?,58?,59?;;;;;;;;;;;;;;;;;;;;;;;;/m1......................../s1. The molecule has 70 heavy (non-hydrogen) atoms. The summed E-state index contributed by atoms with van der Waals surface area (Å²) in [5.74, 6) is 60.6. The second-order valence-electron chi connectivity index (χ2n) is 15.6. The zero-order valence-corrected chi connectivity index (χ0v) is 41.0. The minimum Gasteiger partial charge on any atom is -0.691 e. The molecule has 1 aromatic rings. The molecule has 406 valence electrons. The molecule has 2 fully saturated rings. The van der Waals surface area contributed by atoms with Crippen LogP contribution in [0, 0.1) is 154 Å². The summed E-state index contributed by atoms with van der Waals surface area (Å²) in [6.45, 7) is 8.46. The van der Waals surface area contributed by atoms with E-state index in [1.165, 1.54) is 57.8 Å². The number of rotatable bonds is 23. The van der Waals surface area contributed by atoms with Crippen LogP contribution in [0.15, 0.2) is 42.5 Å². The quantitative estimate of drug-likeness (QED) is 0.0284. The van der Waals surface area contributed by atoms with Gasteiger partial charge in [0.2, 0.25) is 0 Å². The predicted octanol–water partition coefficient (Wildman–Crippen LogP) is 13.0. The van der Waals surface area contributed by atoms with E-state index in [4.69, 9.17) is 23.1 Å². The largest absolute Gasteiger partial charge is 0.691 e. The van der Waals surface area contributed by atoms with E-state index in [2.05, 4.69) is 190 Å². The van der Waals surface area contributed by atoms with Crippen molar-refractivity contribution >= 4 is 18.2 Å². The first-order valence-electron chi connectivity index (χ1n) is 23.2. The van der Waals surface area contributed by atoms with Gasteiger partial charge in [0.05, 0.1) is 19.3 Å². The number of nitrogens with one attached hydrogen (secondary N) is 1. The van der Waals surface area contributed by atoms with E-state index in [-0.39, 0.29) is 65.7 Å². The molecule has 1 aromatic carbocycles. The fourth-order valence-corrected chi connectivity index (χ4v) is 7.10. The van der Waals surface area contributed by atoms with Crippen LogP contribution in [0.4, 0.5) is 0 Å². The van der Waals surface area contributed by atoms with Crippen molar-refractivity contribution in [2.45, 2.75) is 142 Å². The topological polar surface area (TPSA) is 117 Å². The zero-order valence-electron chi connectivity index (χ0n) is 40.1. The number of hydrogen-bond donors (Lipinski definition) is 1. The van der Waals surface area contributed by atoms with Crippen LogP contribution in [0.3, 0.4) is 0 Å². The van der Waals surface area contributed by atoms with Crippen molar-refractivity contribution in [1.82, 2.24) is 5.32 Å². The first-order chi connectivity index (χ1) is 34.5. The van der Waals surface area contributed by atoms with Crippen LogP contribution in [-0.4, -0.2) is 49.8 Å². The molecule has 0 spiro atoms. The molecule has 2 aliphatic heterocycles. The lowest BCUT2D eigenvalue weighted by Crippen LogP contribution is -2.56. The molecule has 1 amide bonds. The Kier molecular flexibility index (Phi) is 32.1. The molecular formula is C59H104NO9S-. The van der Waals surface area contributed by atoms with Gasteiger partial charge >= 0.3 is 0 Å². The van der Waals surface area contributed by atoms with Crippen molar-refractivity contribution in [1.29, 1.82) is 0 Å². The predicted molar refractivity (Wildman–Crippen MR) is 319 cm³/mol. The molecule has 0 bridgehead atoms. The number of ether oxygens (including phenoxy) is 4. The molecular weight excluding hydrogens is 899 g/mol. The highest BCUT2D eigenvalue weighted by atomic mass is 32.2. The number of amides is 1. The molecule has 0 saturated carbocycles. The smallest absolute Gasteiger partial charge is 0.297 e. The van der Waals surface area contributed by atoms with E-state index < -0.39 is 42.8 Å². The Balaban J connectivity index is -0.000000108. The fraction of sp³-hybridized carbons (Fsp3) is 0.441. The summed E-state index contributed by atoms with van der Waals surface area (Å²) >= 11 is 0.402. The molecule has 2 saturated heterocycles. The monoisotopic (exact) mass is 1000 g/mol. The summed E-state index contributed by atoms with van der Waals surface area (Å²) in [7, 11) is 0. The Hall–Kier alpha value is -6.82. The second kappa shape index (κ2) is 39.1. The van der Waals surface area contributed by atoms with Gasteiger partial charge in [0.25, 0.3) is 5.91 Å². The van der Waals surface area contributed by atoms with Crippen molar-refractivity contribution in [3.8, 4) is 142 Å². The highest BCUT2D eigenvalue weighted by Gasteiger charge is 2.46. The van der Waals surface area contributed by atoms with Gasteiger partial charge in [0, 0.05) is 87.7 Å². The third-order valence-electron chi connectivity index (χ3n) is 10.5. The van der Waals surface area contributed by atoms with Crippen molar-refractivity contribution in [2.75, 3.05) is 13.2 Å². The number of carbonyl (C=O) groups excluding carboxylic acids is 1. The zero-order chi connectivity index (χ0) is 50.0. The van der Waals surface area contributed by atoms with E-state index in [1.807, 2.05) is 30.3 Å². The summed E-state index contributed by atoms with van der Waals surface area (Å²) < 4.78 is 35.2. The Morgan fingerprint density at radius 2 is 1.30 bits per heavy atom. The van der Waals surface area contributed by atoms with E-state index >= 15 is 0 Å². The van der Waals surface area contributed by atoms with Crippen LogP contribution >= 0.6 is 12.3 Å². The van der Waals surface area contributed by atoms with Crippen molar-refractivity contribution < 1.29 is 76.8 Å². The number of unbranched alkanes of at least 4 members (excludes halogenated alkanes) is 9. The molecule has 0 aromatic heterocycles. The van der Waals surface area contributed by atoms with Crippen molar-refractivity contribution in [3.63, 3.8) is 0 Å². The lowest BCUT2D eigenvalue weighted by molar-refractivity contribution is -0.777. The summed E-state index contributed by atoms with van der Waals surface area (Å²) in [5.41, 5.74) is 0.837. The number of benzene rings is 1. The van der Waals surface area contributed by atoms with E-state index in [0.717, 1.165) is 18.4 Å². The van der Waals surface area contributed by atoms with Crippen molar-refractivity contribution in [3.05, 3.63) is 48.0 Å². The molecule has 0 aliphatic carbocycles. The SMILES string of the molecule is CC#CC#CC#CC#CC#CC#CC#CC#CC#CC#CC#CC#CC(=O)N[C@@H](COC1CC(OSOO[O-])C2OC(c3ccccc3)OCC2O1)[C@H](C)[C@H](C)CC=CCCCCCCCCCCC.[HH].[HH].[HH].[HH].[HH].[HH].[HH].[HH].[HH].[HH].[HH].[HH].[HH].[HH].[HH].[HH].[HH].[HH].[HH].[HH].[HH].[HH].[HH].[HH]. The van der Waals surface area contributed by atoms with Gasteiger partial charge in [-0.15, -0.1) is 4.33 Å². The number of carbonyl (C=O) groups is 1. The van der Waals surface area contributed by atoms with Crippen LogP contribution in [0.1, 0.15) is 151 Å². The first-order valence-corrected chi connectivity index (χ1v) is 23.9. The summed E-state index contributed by atoms with van der Waals surface area (Å²) in [6.07, 6.45) is 15.0. The molecule has 3 rings (SSSR count). The lowest BCUT2D eigenvalue weighted by atomic mass is 9.86. The molecule has 10 nitrogen and oxygen atoms in total. The third kappa shape index (κ3) is 26.7. The summed E-state index contributed by atoms with van der Waals surface area (Å²) in [4.78, 5) is 13.2. The minimum atomic E-state index is -0.771. The average Bonchev–Trinajstić information content (AvgIpc) is 3.38. The Morgan fingerprint density at radius 3 is 1.86 bits per heavy atom. The molecule has 2 aliphatic rings. The molecule has 8 atom stereocenters.